The summed E-state index contributed by atoms with van der Waals surface area (Å²) in [6, 6.07) is 4.77. The molecule has 1 fully saturated rings. The minimum absolute atomic E-state index is 0.0592. The van der Waals surface area contributed by atoms with Gasteiger partial charge in [-0.1, -0.05) is 0 Å². The molecule has 1 aromatic carbocycles. The Labute approximate surface area is 116 Å². The molecule has 90 valence electrons. The minimum atomic E-state index is -0.480. The van der Waals surface area contributed by atoms with Gasteiger partial charge in [-0.3, -0.25) is 14.9 Å². The van der Waals surface area contributed by atoms with Gasteiger partial charge in [-0.2, -0.15) is 0 Å². The zero-order valence-electron chi connectivity index (χ0n) is 8.60. The van der Waals surface area contributed by atoms with Gasteiger partial charge in [0, 0.05) is 22.6 Å². The van der Waals surface area contributed by atoms with Crippen LogP contribution in [0.15, 0.2) is 18.2 Å². The Morgan fingerprint density at radius 2 is 2.24 bits per heavy atom. The first-order valence-electron chi connectivity index (χ1n) is 4.87. The fourth-order valence-corrected chi connectivity index (χ4v) is 2.51. The molecular weight excluding hydrogens is 358 g/mol. The van der Waals surface area contributed by atoms with E-state index in [1.54, 1.807) is 12.1 Å². The van der Waals surface area contributed by atoms with Crippen molar-refractivity contribution in [1.82, 2.24) is 0 Å². The summed E-state index contributed by atoms with van der Waals surface area (Å²) >= 11 is 7.88. The quantitative estimate of drug-likeness (QED) is 0.350. The second-order valence-corrected chi connectivity index (χ2v) is 5.56. The molecule has 0 saturated carbocycles. The normalized spacial score (nSPS) is 19.8. The van der Waals surface area contributed by atoms with E-state index in [-0.39, 0.29) is 23.4 Å². The number of benzene rings is 1. The molecule has 1 unspecified atom stereocenters. The van der Waals surface area contributed by atoms with Crippen LogP contribution in [-0.4, -0.2) is 22.8 Å². The van der Waals surface area contributed by atoms with Crippen LogP contribution in [-0.2, 0) is 4.79 Å². The van der Waals surface area contributed by atoms with Crippen LogP contribution < -0.4 is 4.90 Å². The number of anilines is 1. The summed E-state index contributed by atoms with van der Waals surface area (Å²) in [4.78, 5) is 23.5. The summed E-state index contributed by atoms with van der Waals surface area (Å²) < 4.78 is 0.757. The zero-order valence-corrected chi connectivity index (χ0v) is 11.5. The number of nitro groups is 1. The van der Waals surface area contributed by atoms with Gasteiger partial charge in [0.2, 0.25) is 5.91 Å². The first kappa shape index (κ1) is 12.6. The van der Waals surface area contributed by atoms with Crippen molar-refractivity contribution in [2.75, 3.05) is 11.4 Å². The lowest BCUT2D eigenvalue weighted by Gasteiger charge is -2.15. The van der Waals surface area contributed by atoms with E-state index in [1.807, 2.05) is 22.6 Å². The summed E-state index contributed by atoms with van der Waals surface area (Å²) in [5, 5.41) is 10.7. The number of nitrogens with zero attached hydrogens (tertiary/aromatic N) is 2. The molecule has 0 aliphatic carbocycles. The van der Waals surface area contributed by atoms with Gasteiger partial charge in [-0.15, -0.1) is 11.6 Å². The summed E-state index contributed by atoms with van der Waals surface area (Å²) in [6.45, 7) is 0.321. The molecule has 1 heterocycles. The van der Waals surface area contributed by atoms with E-state index in [2.05, 4.69) is 0 Å². The lowest BCUT2D eigenvalue weighted by Crippen LogP contribution is -2.25. The average molecular weight is 367 g/mol. The third-order valence-electron chi connectivity index (χ3n) is 2.50. The van der Waals surface area contributed by atoms with Crippen LogP contribution in [0.25, 0.3) is 0 Å². The fourth-order valence-electron chi connectivity index (χ4n) is 1.77. The van der Waals surface area contributed by atoms with E-state index in [0.717, 1.165) is 3.57 Å². The lowest BCUT2D eigenvalue weighted by atomic mass is 10.2. The number of halogens is 2. The Balaban J connectivity index is 2.45. The SMILES string of the molecule is O=C1CC(Cl)CN1c1ccc(I)cc1[N+](=O)[O-]. The zero-order chi connectivity index (χ0) is 12.6. The molecule has 1 amide bonds. The van der Waals surface area contributed by atoms with E-state index in [1.165, 1.54) is 11.0 Å². The first-order chi connectivity index (χ1) is 7.99. The predicted molar refractivity (Wildman–Crippen MR) is 72.4 cm³/mol. The summed E-state index contributed by atoms with van der Waals surface area (Å²) in [7, 11) is 0. The third-order valence-corrected chi connectivity index (χ3v) is 3.47. The molecule has 1 aliphatic heterocycles. The van der Waals surface area contributed by atoms with E-state index in [4.69, 9.17) is 11.6 Å². The van der Waals surface area contributed by atoms with Crippen molar-refractivity contribution in [3.63, 3.8) is 0 Å². The maximum atomic E-state index is 11.7. The van der Waals surface area contributed by atoms with Crippen LogP contribution in [0.1, 0.15) is 6.42 Å². The number of alkyl halides is 1. The Kier molecular flexibility index (Phi) is 3.53. The van der Waals surface area contributed by atoms with E-state index in [9.17, 15) is 14.9 Å². The highest BCUT2D eigenvalue weighted by molar-refractivity contribution is 14.1. The molecule has 7 heteroatoms. The molecule has 0 bridgehead atoms. The number of nitro benzene ring substituents is 1. The smallest absolute Gasteiger partial charge is 0.294 e. The maximum absolute atomic E-state index is 11.7. The summed E-state index contributed by atoms with van der Waals surface area (Å²) in [6.07, 6.45) is 0.227. The monoisotopic (exact) mass is 366 g/mol. The number of hydrogen-bond acceptors (Lipinski definition) is 3. The van der Waals surface area contributed by atoms with Crippen LogP contribution in [0.5, 0.6) is 0 Å². The van der Waals surface area contributed by atoms with Gasteiger partial charge in [-0.25, -0.2) is 0 Å². The molecule has 5 nitrogen and oxygen atoms in total. The van der Waals surface area contributed by atoms with Gasteiger partial charge < -0.3 is 4.90 Å². The van der Waals surface area contributed by atoms with Crippen LogP contribution in [0, 0.1) is 13.7 Å². The van der Waals surface area contributed by atoms with Gasteiger partial charge in [0.25, 0.3) is 5.69 Å². The van der Waals surface area contributed by atoms with Gasteiger partial charge in [0.1, 0.15) is 5.69 Å². The number of carbonyl (C=O) groups is 1. The molecule has 1 saturated heterocycles. The van der Waals surface area contributed by atoms with Crippen LogP contribution in [0.3, 0.4) is 0 Å². The number of amides is 1. The first-order valence-corrected chi connectivity index (χ1v) is 6.39. The van der Waals surface area contributed by atoms with E-state index >= 15 is 0 Å². The predicted octanol–water partition coefficient (Wildman–Crippen LogP) is 2.54. The standard InChI is InChI=1S/C10H8ClIN2O3/c11-6-3-10(15)13(5-6)8-2-1-7(12)4-9(8)14(16)17/h1-2,4,6H,3,5H2. The van der Waals surface area contributed by atoms with Crippen LogP contribution in [0.2, 0.25) is 0 Å². The molecular formula is C10H8ClIN2O3. The highest BCUT2D eigenvalue weighted by Gasteiger charge is 2.33. The van der Waals surface area contributed by atoms with E-state index in [0.29, 0.717) is 12.2 Å². The maximum Gasteiger partial charge on any atom is 0.294 e. The Morgan fingerprint density at radius 1 is 1.53 bits per heavy atom. The van der Waals surface area contributed by atoms with Crippen molar-refractivity contribution >= 4 is 51.5 Å². The molecule has 2 rings (SSSR count). The number of hydrogen-bond donors (Lipinski definition) is 0. The van der Waals surface area contributed by atoms with Gasteiger partial charge in [0.05, 0.1) is 10.3 Å². The Morgan fingerprint density at radius 3 is 2.76 bits per heavy atom. The Hall–Kier alpha value is -0.890. The van der Waals surface area contributed by atoms with Crippen LogP contribution >= 0.6 is 34.2 Å². The van der Waals surface area contributed by atoms with Crippen molar-refractivity contribution in [1.29, 1.82) is 0 Å². The second-order valence-electron chi connectivity index (χ2n) is 3.70. The average Bonchev–Trinajstić information content (AvgIpc) is 2.57. The van der Waals surface area contributed by atoms with Gasteiger partial charge in [0.15, 0.2) is 0 Å². The van der Waals surface area contributed by atoms with Crippen molar-refractivity contribution in [3.8, 4) is 0 Å². The van der Waals surface area contributed by atoms with Crippen molar-refractivity contribution in [3.05, 3.63) is 31.9 Å². The second kappa shape index (κ2) is 4.77. The van der Waals surface area contributed by atoms with Gasteiger partial charge in [-0.05, 0) is 34.7 Å². The molecule has 1 aromatic rings. The number of rotatable bonds is 2. The molecule has 0 spiro atoms. The molecule has 0 aromatic heterocycles. The molecule has 0 radical (unpaired) electrons. The van der Waals surface area contributed by atoms with Gasteiger partial charge >= 0.3 is 0 Å². The summed E-state index contributed by atoms with van der Waals surface area (Å²) in [5.41, 5.74) is 0.264. The summed E-state index contributed by atoms with van der Waals surface area (Å²) in [5.74, 6) is -0.172. The highest BCUT2D eigenvalue weighted by atomic mass is 127. The largest absolute Gasteiger partial charge is 0.305 e. The third kappa shape index (κ3) is 2.52. The molecule has 1 aliphatic rings. The molecule has 0 N–H and O–H groups in total. The minimum Gasteiger partial charge on any atom is -0.305 e. The van der Waals surface area contributed by atoms with Crippen molar-refractivity contribution in [2.45, 2.75) is 11.8 Å². The van der Waals surface area contributed by atoms with Crippen molar-refractivity contribution in [2.24, 2.45) is 0 Å². The van der Waals surface area contributed by atoms with Crippen molar-refractivity contribution < 1.29 is 9.72 Å². The topological polar surface area (TPSA) is 63.5 Å². The van der Waals surface area contributed by atoms with E-state index < -0.39 is 4.92 Å². The molecule has 1 atom stereocenters. The molecule has 17 heavy (non-hydrogen) atoms. The van der Waals surface area contributed by atoms with Crippen LogP contribution in [0.4, 0.5) is 11.4 Å². The number of carbonyl (C=O) groups excluding carboxylic acids is 1. The lowest BCUT2D eigenvalue weighted by molar-refractivity contribution is -0.384. The fraction of sp³-hybridized carbons (Fsp3) is 0.300. The Bertz CT molecular complexity index is 494. The highest BCUT2D eigenvalue weighted by Crippen LogP contribution is 2.33.